The Kier molecular flexibility index (Phi) is 5.32. The molecule has 7 nitrogen and oxygen atoms in total. The summed E-state index contributed by atoms with van der Waals surface area (Å²) in [5, 5.41) is 15.6. The van der Waals surface area contributed by atoms with E-state index in [-0.39, 0.29) is 29.7 Å². The highest BCUT2D eigenvalue weighted by Gasteiger charge is 2.30. The van der Waals surface area contributed by atoms with Crippen LogP contribution in [0.3, 0.4) is 0 Å². The number of likely N-dealkylation sites (tertiary alicyclic amines) is 1. The number of nitrogens with zero attached hydrogens (tertiary/aromatic N) is 2. The number of thiophene rings is 1. The molecule has 1 unspecified atom stereocenters. The SMILES string of the molecule is Cc1ccc(C(=O)NCC(=O)N2CCCC2c2cccs2)cc1[N+](=O)[O-]. The molecule has 1 aromatic carbocycles. The number of carbonyl (C=O) groups excluding carboxylic acids is 2. The summed E-state index contributed by atoms with van der Waals surface area (Å²) in [7, 11) is 0. The lowest BCUT2D eigenvalue weighted by molar-refractivity contribution is -0.385. The fraction of sp³-hybridized carbons (Fsp3) is 0.333. The molecule has 1 aliphatic heterocycles. The summed E-state index contributed by atoms with van der Waals surface area (Å²) >= 11 is 1.62. The molecule has 1 aromatic heterocycles. The van der Waals surface area contributed by atoms with Crippen LogP contribution >= 0.6 is 11.3 Å². The number of benzene rings is 1. The smallest absolute Gasteiger partial charge is 0.273 e. The molecule has 1 aliphatic rings. The molecule has 2 amide bonds. The van der Waals surface area contributed by atoms with Crippen LogP contribution in [0.4, 0.5) is 5.69 Å². The lowest BCUT2D eigenvalue weighted by Crippen LogP contribution is -2.39. The molecule has 26 heavy (non-hydrogen) atoms. The van der Waals surface area contributed by atoms with E-state index in [1.165, 1.54) is 18.2 Å². The van der Waals surface area contributed by atoms with E-state index < -0.39 is 10.8 Å². The van der Waals surface area contributed by atoms with Crippen LogP contribution < -0.4 is 5.32 Å². The molecule has 1 atom stereocenters. The maximum absolute atomic E-state index is 12.5. The van der Waals surface area contributed by atoms with Gasteiger partial charge in [0, 0.05) is 28.6 Å². The van der Waals surface area contributed by atoms with Gasteiger partial charge in [-0.3, -0.25) is 19.7 Å². The number of rotatable bonds is 5. The van der Waals surface area contributed by atoms with Crippen LogP contribution in [0.2, 0.25) is 0 Å². The van der Waals surface area contributed by atoms with Gasteiger partial charge in [0.25, 0.3) is 11.6 Å². The molecule has 1 N–H and O–H groups in total. The van der Waals surface area contributed by atoms with Crippen molar-refractivity contribution in [3.63, 3.8) is 0 Å². The zero-order valence-electron chi connectivity index (χ0n) is 14.3. The summed E-state index contributed by atoms with van der Waals surface area (Å²) in [6.45, 7) is 2.16. The molecule has 136 valence electrons. The van der Waals surface area contributed by atoms with Crippen LogP contribution in [0, 0.1) is 17.0 Å². The lowest BCUT2D eigenvalue weighted by atomic mass is 10.1. The normalized spacial score (nSPS) is 16.5. The molecule has 3 rings (SSSR count). The summed E-state index contributed by atoms with van der Waals surface area (Å²) in [5.41, 5.74) is 0.547. The van der Waals surface area contributed by atoms with E-state index in [1.54, 1.807) is 23.2 Å². The second-order valence-corrected chi connectivity index (χ2v) is 7.18. The average Bonchev–Trinajstić information content (AvgIpc) is 3.30. The van der Waals surface area contributed by atoms with E-state index in [0.29, 0.717) is 12.1 Å². The van der Waals surface area contributed by atoms with Crippen molar-refractivity contribution >= 4 is 28.8 Å². The van der Waals surface area contributed by atoms with E-state index in [9.17, 15) is 19.7 Å². The Morgan fingerprint density at radius 3 is 2.88 bits per heavy atom. The molecule has 1 saturated heterocycles. The fourth-order valence-electron chi connectivity index (χ4n) is 3.15. The van der Waals surface area contributed by atoms with Crippen LogP contribution in [-0.4, -0.2) is 34.7 Å². The molecular formula is C18H19N3O4S. The van der Waals surface area contributed by atoms with Gasteiger partial charge in [0.2, 0.25) is 5.91 Å². The summed E-state index contributed by atoms with van der Waals surface area (Å²) in [6.07, 6.45) is 1.86. The second kappa shape index (κ2) is 7.65. The standard InChI is InChI=1S/C18H19N3O4S/c1-12-6-7-13(10-15(12)21(24)25)18(23)19-11-17(22)20-8-2-4-14(20)16-5-3-9-26-16/h3,5-7,9-10,14H,2,4,8,11H2,1H3,(H,19,23). The molecular weight excluding hydrogens is 354 g/mol. The van der Waals surface area contributed by atoms with Crippen LogP contribution in [0.15, 0.2) is 35.7 Å². The van der Waals surface area contributed by atoms with Crippen molar-refractivity contribution in [2.24, 2.45) is 0 Å². The molecule has 0 saturated carbocycles. The minimum atomic E-state index is -0.521. The van der Waals surface area contributed by atoms with Gasteiger partial charge >= 0.3 is 0 Å². The molecule has 0 radical (unpaired) electrons. The topological polar surface area (TPSA) is 92.6 Å². The number of hydrogen-bond acceptors (Lipinski definition) is 5. The summed E-state index contributed by atoms with van der Waals surface area (Å²) in [6, 6.07) is 8.34. The van der Waals surface area contributed by atoms with Crippen molar-refractivity contribution in [1.29, 1.82) is 0 Å². The second-order valence-electron chi connectivity index (χ2n) is 6.20. The first-order valence-corrected chi connectivity index (χ1v) is 9.21. The summed E-state index contributed by atoms with van der Waals surface area (Å²) < 4.78 is 0. The predicted octanol–water partition coefficient (Wildman–Crippen LogP) is 3.06. The van der Waals surface area contributed by atoms with Crippen LogP contribution in [0.25, 0.3) is 0 Å². The maximum Gasteiger partial charge on any atom is 0.273 e. The minimum Gasteiger partial charge on any atom is -0.343 e. The maximum atomic E-state index is 12.5. The predicted molar refractivity (Wildman–Crippen MR) is 98.2 cm³/mol. The highest BCUT2D eigenvalue weighted by atomic mass is 32.1. The molecule has 2 aromatic rings. The van der Waals surface area contributed by atoms with E-state index in [0.717, 1.165) is 17.7 Å². The number of hydrogen-bond donors (Lipinski definition) is 1. The van der Waals surface area contributed by atoms with Gasteiger partial charge in [-0.2, -0.15) is 0 Å². The number of amides is 2. The van der Waals surface area contributed by atoms with Gasteiger partial charge in [-0.1, -0.05) is 12.1 Å². The molecule has 0 spiro atoms. The first kappa shape index (κ1) is 18.1. The van der Waals surface area contributed by atoms with Crippen molar-refractivity contribution in [2.75, 3.05) is 13.1 Å². The zero-order chi connectivity index (χ0) is 18.7. The van der Waals surface area contributed by atoms with Gasteiger partial charge in [-0.25, -0.2) is 0 Å². The van der Waals surface area contributed by atoms with Crippen molar-refractivity contribution in [1.82, 2.24) is 10.2 Å². The minimum absolute atomic E-state index is 0.0693. The fourth-order valence-corrected chi connectivity index (χ4v) is 4.02. The molecule has 0 aliphatic carbocycles. The number of carbonyl (C=O) groups is 2. The van der Waals surface area contributed by atoms with Crippen molar-refractivity contribution in [2.45, 2.75) is 25.8 Å². The van der Waals surface area contributed by atoms with Gasteiger partial charge in [0.15, 0.2) is 0 Å². The molecule has 0 bridgehead atoms. The Balaban J connectivity index is 1.63. The van der Waals surface area contributed by atoms with E-state index in [1.807, 2.05) is 17.5 Å². The number of nitro groups is 1. The van der Waals surface area contributed by atoms with Gasteiger partial charge < -0.3 is 10.2 Å². The van der Waals surface area contributed by atoms with Crippen LogP contribution in [0.1, 0.15) is 39.7 Å². The monoisotopic (exact) mass is 373 g/mol. The third-order valence-corrected chi connectivity index (χ3v) is 5.49. The quantitative estimate of drug-likeness (QED) is 0.644. The van der Waals surface area contributed by atoms with Crippen molar-refractivity contribution in [3.8, 4) is 0 Å². The summed E-state index contributed by atoms with van der Waals surface area (Å²) in [5.74, 6) is -0.635. The third kappa shape index (κ3) is 3.75. The zero-order valence-corrected chi connectivity index (χ0v) is 15.1. The molecule has 2 heterocycles. The Hall–Kier alpha value is -2.74. The highest BCUT2D eigenvalue weighted by molar-refractivity contribution is 7.10. The van der Waals surface area contributed by atoms with Crippen LogP contribution in [-0.2, 0) is 4.79 Å². The molecule has 8 heteroatoms. The summed E-state index contributed by atoms with van der Waals surface area (Å²) in [4.78, 5) is 38.2. The van der Waals surface area contributed by atoms with Crippen molar-refractivity contribution in [3.05, 3.63) is 61.8 Å². The number of nitro benzene ring substituents is 1. The Morgan fingerprint density at radius 2 is 2.19 bits per heavy atom. The van der Waals surface area contributed by atoms with Gasteiger partial charge in [-0.05, 0) is 37.3 Å². The Bertz CT molecular complexity index is 835. The number of aryl methyl sites for hydroxylation is 1. The van der Waals surface area contributed by atoms with Crippen molar-refractivity contribution < 1.29 is 14.5 Å². The lowest BCUT2D eigenvalue weighted by Gasteiger charge is -2.24. The Labute approximate surface area is 154 Å². The van der Waals surface area contributed by atoms with Gasteiger partial charge in [0.1, 0.15) is 0 Å². The average molecular weight is 373 g/mol. The largest absolute Gasteiger partial charge is 0.343 e. The first-order valence-electron chi connectivity index (χ1n) is 8.33. The van der Waals surface area contributed by atoms with Gasteiger partial charge in [0.05, 0.1) is 17.5 Å². The van der Waals surface area contributed by atoms with E-state index >= 15 is 0 Å². The highest BCUT2D eigenvalue weighted by Crippen LogP contribution is 2.34. The van der Waals surface area contributed by atoms with E-state index in [4.69, 9.17) is 0 Å². The molecule has 1 fully saturated rings. The van der Waals surface area contributed by atoms with Gasteiger partial charge in [-0.15, -0.1) is 11.3 Å². The Morgan fingerprint density at radius 1 is 1.38 bits per heavy atom. The third-order valence-electron chi connectivity index (χ3n) is 4.51. The van der Waals surface area contributed by atoms with E-state index in [2.05, 4.69) is 5.32 Å². The number of nitrogens with one attached hydrogen (secondary N) is 1. The first-order chi connectivity index (χ1) is 12.5. The van der Waals surface area contributed by atoms with Crippen LogP contribution in [0.5, 0.6) is 0 Å².